The van der Waals surface area contributed by atoms with Crippen LogP contribution in [0.25, 0.3) is 0 Å². The first-order chi connectivity index (χ1) is 18.7. The zero-order chi connectivity index (χ0) is 26.4. The van der Waals surface area contributed by atoms with E-state index in [1.54, 1.807) is 0 Å². The molecule has 1 aliphatic heterocycles. The lowest BCUT2D eigenvalue weighted by molar-refractivity contribution is -0.131. The molecule has 0 bridgehead atoms. The molecule has 0 radical (unpaired) electrons. The van der Waals surface area contributed by atoms with E-state index in [2.05, 4.69) is 45.1 Å². The van der Waals surface area contributed by atoms with E-state index >= 15 is 0 Å². The van der Waals surface area contributed by atoms with Gasteiger partial charge in [0.05, 0.1) is 13.2 Å². The minimum Gasteiger partial charge on any atom is -0.490 e. The Balaban J connectivity index is 1.48. The van der Waals surface area contributed by atoms with E-state index in [9.17, 15) is 4.79 Å². The summed E-state index contributed by atoms with van der Waals surface area (Å²) in [5.74, 6) is 1.92. The fourth-order valence-corrected chi connectivity index (χ4v) is 4.95. The maximum atomic E-state index is 13.3. The van der Waals surface area contributed by atoms with Gasteiger partial charge in [0.15, 0.2) is 11.5 Å². The second-order valence-corrected chi connectivity index (χ2v) is 9.87. The molecular weight excluding hydrogens is 474 g/mol. The highest BCUT2D eigenvalue weighted by molar-refractivity contribution is 5.76. The Kier molecular flexibility index (Phi) is 11.0. The van der Waals surface area contributed by atoms with E-state index in [0.717, 1.165) is 81.9 Å². The Morgan fingerprint density at radius 3 is 2.58 bits per heavy atom. The van der Waals surface area contributed by atoms with Crippen LogP contribution in [-0.2, 0) is 24.3 Å². The number of rotatable bonds is 8. The number of aromatic nitrogens is 1. The molecule has 0 fully saturated rings. The number of hydrogen-bond donors (Lipinski definition) is 0. The summed E-state index contributed by atoms with van der Waals surface area (Å²) in [5.41, 5.74) is 3.62. The number of benzene rings is 2. The Morgan fingerprint density at radius 1 is 0.921 bits per heavy atom. The Bertz CT molecular complexity index is 1110. The number of carbonyl (C=O) groups excluding carboxylic acids is 1. The van der Waals surface area contributed by atoms with Crippen molar-refractivity contribution in [1.29, 1.82) is 0 Å². The van der Waals surface area contributed by atoms with Gasteiger partial charge in [-0.2, -0.15) is 0 Å². The van der Waals surface area contributed by atoms with Crippen LogP contribution in [-0.4, -0.2) is 53.5 Å². The Hall–Kier alpha value is -3.38. The second-order valence-electron chi connectivity index (χ2n) is 9.87. The van der Waals surface area contributed by atoms with Crippen LogP contribution in [0.5, 0.6) is 11.5 Å². The molecule has 0 unspecified atom stereocenters. The van der Waals surface area contributed by atoms with Crippen LogP contribution in [0.1, 0.15) is 55.7 Å². The molecular formula is C32H41N3O3. The van der Waals surface area contributed by atoms with Crippen molar-refractivity contribution in [2.24, 2.45) is 0 Å². The summed E-state index contributed by atoms with van der Waals surface area (Å²) in [4.78, 5) is 21.9. The summed E-state index contributed by atoms with van der Waals surface area (Å²) in [7, 11) is 0. The molecule has 0 atom stereocenters. The number of pyridine rings is 1. The van der Waals surface area contributed by atoms with Gasteiger partial charge in [0.2, 0.25) is 5.91 Å². The number of aryl methyl sites for hydroxylation is 1. The maximum absolute atomic E-state index is 13.3. The van der Waals surface area contributed by atoms with E-state index < -0.39 is 0 Å². The Morgan fingerprint density at radius 2 is 1.76 bits per heavy atom. The van der Waals surface area contributed by atoms with Crippen molar-refractivity contribution in [2.45, 2.75) is 58.5 Å². The SMILES string of the molecule is CCOc1cccc2c1OCCCCCN(C(=O)CCCc1ccncc1)CCN(Cc1ccccc1)C2. The summed E-state index contributed by atoms with van der Waals surface area (Å²) in [6, 6.07) is 20.8. The van der Waals surface area contributed by atoms with Gasteiger partial charge in [0, 0.05) is 57.1 Å². The standard InChI is InChI=1S/C32H41N3O3/c1-2-37-30-15-10-14-29-26-34(25-28-11-5-3-6-12-28)22-23-35(21-7-4-8-24-38-32(29)30)31(36)16-9-13-27-17-19-33-20-18-27/h3,5-6,10-12,14-15,17-20H,2,4,7-9,13,16,21-26H2,1H3. The lowest BCUT2D eigenvalue weighted by Crippen LogP contribution is -2.39. The van der Waals surface area contributed by atoms with E-state index in [1.807, 2.05) is 49.6 Å². The van der Waals surface area contributed by atoms with Gasteiger partial charge < -0.3 is 14.4 Å². The molecule has 4 rings (SSSR count). The average Bonchev–Trinajstić information content (AvgIpc) is 2.95. The third kappa shape index (κ3) is 8.59. The fraction of sp³-hybridized carbons (Fsp3) is 0.438. The number of ether oxygens (including phenoxy) is 2. The molecule has 6 nitrogen and oxygen atoms in total. The molecule has 2 heterocycles. The third-order valence-electron chi connectivity index (χ3n) is 6.97. The van der Waals surface area contributed by atoms with Crippen LogP contribution >= 0.6 is 0 Å². The molecule has 6 heteroatoms. The van der Waals surface area contributed by atoms with E-state index in [-0.39, 0.29) is 5.91 Å². The highest BCUT2D eigenvalue weighted by Gasteiger charge is 2.19. The smallest absolute Gasteiger partial charge is 0.222 e. The topological polar surface area (TPSA) is 54.9 Å². The number of para-hydroxylation sites is 1. The summed E-state index contributed by atoms with van der Waals surface area (Å²) < 4.78 is 12.2. The number of carbonyl (C=O) groups is 1. The number of fused-ring (bicyclic) bond motifs is 1. The van der Waals surface area contributed by atoms with Crippen LogP contribution in [0, 0.1) is 0 Å². The molecule has 0 saturated carbocycles. The second kappa shape index (κ2) is 15.1. The maximum Gasteiger partial charge on any atom is 0.222 e. The van der Waals surface area contributed by atoms with Crippen molar-refractivity contribution in [1.82, 2.24) is 14.8 Å². The first-order valence-corrected chi connectivity index (χ1v) is 14.0. The molecule has 202 valence electrons. The number of amides is 1. The zero-order valence-corrected chi connectivity index (χ0v) is 22.7. The Labute approximate surface area is 227 Å². The first kappa shape index (κ1) is 27.6. The molecule has 0 spiro atoms. The van der Waals surface area contributed by atoms with E-state index in [4.69, 9.17) is 9.47 Å². The highest BCUT2D eigenvalue weighted by Crippen LogP contribution is 2.33. The lowest BCUT2D eigenvalue weighted by Gasteiger charge is -2.28. The molecule has 3 aromatic rings. The summed E-state index contributed by atoms with van der Waals surface area (Å²) in [6.45, 7) is 7.11. The van der Waals surface area contributed by atoms with Gasteiger partial charge >= 0.3 is 0 Å². The third-order valence-corrected chi connectivity index (χ3v) is 6.97. The first-order valence-electron chi connectivity index (χ1n) is 14.0. The van der Waals surface area contributed by atoms with E-state index in [1.165, 1.54) is 11.1 Å². The summed E-state index contributed by atoms with van der Waals surface area (Å²) in [5, 5.41) is 0. The molecule has 1 aromatic heterocycles. The van der Waals surface area contributed by atoms with Crippen LogP contribution in [0.3, 0.4) is 0 Å². The minimum atomic E-state index is 0.254. The molecule has 2 aromatic carbocycles. The zero-order valence-electron chi connectivity index (χ0n) is 22.7. The fourth-order valence-electron chi connectivity index (χ4n) is 4.95. The lowest BCUT2D eigenvalue weighted by atomic mass is 10.1. The van der Waals surface area contributed by atoms with Gasteiger partial charge in [-0.25, -0.2) is 0 Å². The van der Waals surface area contributed by atoms with Crippen LogP contribution in [0.4, 0.5) is 0 Å². The predicted octanol–water partition coefficient (Wildman–Crippen LogP) is 5.90. The van der Waals surface area contributed by atoms with Crippen LogP contribution < -0.4 is 9.47 Å². The predicted molar refractivity (Wildman–Crippen MR) is 151 cm³/mol. The van der Waals surface area contributed by atoms with Gasteiger partial charge in [0.25, 0.3) is 0 Å². The molecule has 0 saturated heterocycles. The molecule has 1 aliphatic rings. The average molecular weight is 516 g/mol. The van der Waals surface area contributed by atoms with Gasteiger partial charge in [-0.15, -0.1) is 0 Å². The van der Waals surface area contributed by atoms with Crippen molar-refractivity contribution in [3.05, 3.63) is 89.7 Å². The quantitative estimate of drug-likeness (QED) is 0.374. The highest BCUT2D eigenvalue weighted by atomic mass is 16.5. The molecule has 38 heavy (non-hydrogen) atoms. The van der Waals surface area contributed by atoms with E-state index in [0.29, 0.717) is 19.6 Å². The van der Waals surface area contributed by atoms with Gasteiger partial charge in [-0.05, 0) is 68.4 Å². The number of hydrogen-bond acceptors (Lipinski definition) is 5. The van der Waals surface area contributed by atoms with Gasteiger partial charge in [0.1, 0.15) is 0 Å². The molecule has 1 amide bonds. The van der Waals surface area contributed by atoms with Crippen molar-refractivity contribution in [2.75, 3.05) is 32.8 Å². The monoisotopic (exact) mass is 515 g/mol. The van der Waals surface area contributed by atoms with Gasteiger partial charge in [-0.1, -0.05) is 42.5 Å². The summed E-state index contributed by atoms with van der Waals surface area (Å²) in [6.07, 6.45) is 8.93. The molecule has 0 N–H and O–H groups in total. The number of nitrogens with zero attached hydrogens (tertiary/aromatic N) is 3. The van der Waals surface area contributed by atoms with Crippen molar-refractivity contribution >= 4 is 5.91 Å². The van der Waals surface area contributed by atoms with Crippen molar-refractivity contribution in [3.8, 4) is 11.5 Å². The largest absolute Gasteiger partial charge is 0.490 e. The normalized spacial score (nSPS) is 15.3. The van der Waals surface area contributed by atoms with Crippen molar-refractivity contribution in [3.63, 3.8) is 0 Å². The minimum absolute atomic E-state index is 0.254. The molecule has 0 aliphatic carbocycles. The van der Waals surface area contributed by atoms with Crippen LogP contribution in [0.2, 0.25) is 0 Å². The van der Waals surface area contributed by atoms with Crippen LogP contribution in [0.15, 0.2) is 73.1 Å². The van der Waals surface area contributed by atoms with Gasteiger partial charge in [-0.3, -0.25) is 14.7 Å². The van der Waals surface area contributed by atoms with Crippen molar-refractivity contribution < 1.29 is 14.3 Å². The summed E-state index contributed by atoms with van der Waals surface area (Å²) >= 11 is 0.